The van der Waals surface area contributed by atoms with Crippen molar-refractivity contribution in [1.82, 2.24) is 0 Å². The first-order chi connectivity index (χ1) is 9.90. The smallest absolute Gasteiger partial charge is 0.379 e. The minimum Gasteiger partial charge on any atom is -0.379 e. The molecule has 0 aliphatic carbocycles. The van der Waals surface area contributed by atoms with E-state index < -0.39 is 31.8 Å². The molecule has 0 fully saturated rings. The van der Waals surface area contributed by atoms with Crippen molar-refractivity contribution in [1.29, 1.82) is 0 Å². The summed E-state index contributed by atoms with van der Waals surface area (Å²) in [6, 6.07) is 1.84. The summed E-state index contributed by atoms with van der Waals surface area (Å²) in [6.45, 7) is 0.130. The quantitative estimate of drug-likeness (QED) is 0.431. The van der Waals surface area contributed by atoms with E-state index in [0.717, 1.165) is 12.1 Å². The van der Waals surface area contributed by atoms with Gasteiger partial charge in [-0.1, -0.05) is 0 Å². The van der Waals surface area contributed by atoms with Gasteiger partial charge in [-0.05, 0) is 12.5 Å². The van der Waals surface area contributed by atoms with Crippen molar-refractivity contribution in [3.05, 3.63) is 42.5 Å². The molecule has 1 radical (unpaired) electrons. The van der Waals surface area contributed by atoms with Crippen molar-refractivity contribution in [2.24, 2.45) is 0 Å². The summed E-state index contributed by atoms with van der Waals surface area (Å²) < 4.78 is 0. The average molecular weight is 297 g/mol. The van der Waals surface area contributed by atoms with Gasteiger partial charge in [0.25, 0.3) is 0 Å². The first-order valence-corrected chi connectivity index (χ1v) is 5.59. The van der Waals surface area contributed by atoms with Crippen molar-refractivity contribution in [2.45, 2.75) is 12.8 Å². The summed E-state index contributed by atoms with van der Waals surface area (Å²) in [5.41, 5.74) is -3.34. The first kappa shape index (κ1) is 15.9. The molecule has 0 aliphatic rings. The predicted octanol–water partition coefficient (Wildman–Crippen LogP) is 1.71. The summed E-state index contributed by atoms with van der Waals surface area (Å²) in [7, 11) is 0. The molecule has 1 rings (SSSR count). The Kier molecular flexibility index (Phi) is 5.23. The van der Waals surface area contributed by atoms with E-state index in [4.69, 9.17) is 0 Å². The summed E-state index contributed by atoms with van der Waals surface area (Å²) >= 11 is 0. The van der Waals surface area contributed by atoms with Crippen LogP contribution in [0, 0.1) is 30.3 Å². The van der Waals surface area contributed by atoms with E-state index in [2.05, 4.69) is 5.32 Å². The Balaban J connectivity index is 3.29. The maximum absolute atomic E-state index is 11.0. The van der Waals surface area contributed by atoms with Crippen LogP contribution in [-0.4, -0.2) is 27.6 Å². The van der Waals surface area contributed by atoms with Gasteiger partial charge in [0.2, 0.25) is 0 Å². The number of carbonyl (C=O) groups excluding carboxylic acids is 1. The Bertz CT molecular complexity index is 601. The lowest BCUT2D eigenvalue weighted by Gasteiger charge is -2.06. The molecular formula is C10H9N4O7. The first-order valence-electron chi connectivity index (χ1n) is 5.59. The molecule has 11 nitrogen and oxygen atoms in total. The van der Waals surface area contributed by atoms with Crippen LogP contribution in [0.5, 0.6) is 0 Å². The molecule has 111 valence electrons. The van der Waals surface area contributed by atoms with Crippen LogP contribution in [0.25, 0.3) is 0 Å². The van der Waals surface area contributed by atoms with Crippen LogP contribution in [0.4, 0.5) is 22.7 Å². The Morgan fingerprint density at radius 2 is 1.62 bits per heavy atom. The van der Waals surface area contributed by atoms with Gasteiger partial charge in [-0.2, -0.15) is 0 Å². The molecule has 0 bridgehead atoms. The number of unbranched alkanes of at least 4 members (excludes halogenated alkanes) is 1. The summed E-state index contributed by atoms with van der Waals surface area (Å²) in [4.78, 5) is 39.4. The topological polar surface area (TPSA) is 159 Å². The molecule has 0 saturated heterocycles. The Hall–Kier alpha value is -3.11. The number of rotatable bonds is 8. The van der Waals surface area contributed by atoms with Gasteiger partial charge in [0, 0.05) is 19.0 Å². The number of anilines is 1. The average Bonchev–Trinajstić information content (AvgIpc) is 2.42. The second-order valence-corrected chi connectivity index (χ2v) is 3.78. The highest BCUT2D eigenvalue weighted by Crippen LogP contribution is 2.41. The molecule has 0 unspecified atom stereocenters. The number of benzene rings is 1. The molecule has 0 aliphatic heterocycles. The second-order valence-electron chi connectivity index (χ2n) is 3.78. The zero-order valence-electron chi connectivity index (χ0n) is 10.5. The predicted molar refractivity (Wildman–Crippen MR) is 69.8 cm³/mol. The van der Waals surface area contributed by atoms with Crippen molar-refractivity contribution in [2.75, 3.05) is 11.9 Å². The van der Waals surface area contributed by atoms with Gasteiger partial charge in [-0.25, -0.2) is 0 Å². The molecule has 0 saturated carbocycles. The fourth-order valence-corrected chi connectivity index (χ4v) is 1.61. The highest BCUT2D eigenvalue weighted by atomic mass is 16.6. The number of hydrogen-bond acceptors (Lipinski definition) is 8. The maximum atomic E-state index is 11.0. The number of nitro groups is 3. The Morgan fingerprint density at radius 3 is 2.10 bits per heavy atom. The van der Waals surface area contributed by atoms with Crippen molar-refractivity contribution in [3.63, 3.8) is 0 Å². The Morgan fingerprint density at radius 1 is 1.00 bits per heavy atom. The molecule has 1 N–H and O–H groups in total. The van der Waals surface area contributed by atoms with E-state index in [-0.39, 0.29) is 18.7 Å². The van der Waals surface area contributed by atoms with Gasteiger partial charge in [0.15, 0.2) is 6.29 Å². The molecule has 21 heavy (non-hydrogen) atoms. The van der Waals surface area contributed by atoms with Crippen LogP contribution >= 0.6 is 0 Å². The van der Waals surface area contributed by atoms with Gasteiger partial charge in [0.05, 0.1) is 14.8 Å². The monoisotopic (exact) mass is 297 g/mol. The minimum absolute atomic E-state index is 0.0931. The third kappa shape index (κ3) is 3.68. The molecule has 1 aromatic rings. The fourth-order valence-electron chi connectivity index (χ4n) is 1.61. The molecular weight excluding hydrogens is 288 g/mol. The highest BCUT2D eigenvalue weighted by Gasteiger charge is 2.38. The lowest BCUT2D eigenvalue weighted by atomic mass is 10.2. The third-order valence-corrected chi connectivity index (χ3v) is 2.46. The molecule has 11 heteroatoms. The number of nitro benzene ring substituents is 3. The van der Waals surface area contributed by atoms with E-state index in [1.54, 1.807) is 6.29 Å². The van der Waals surface area contributed by atoms with Crippen LogP contribution in [0.3, 0.4) is 0 Å². The second kappa shape index (κ2) is 6.88. The number of nitrogens with zero attached hydrogens (tertiary/aromatic N) is 3. The van der Waals surface area contributed by atoms with Crippen molar-refractivity contribution < 1.29 is 19.6 Å². The summed E-state index contributed by atoms with van der Waals surface area (Å²) in [5.74, 6) is 0. The minimum atomic E-state index is -1.18. The normalized spacial score (nSPS) is 9.90. The van der Waals surface area contributed by atoms with Crippen molar-refractivity contribution in [3.8, 4) is 0 Å². The lowest BCUT2D eigenvalue weighted by molar-refractivity contribution is -0.440. The summed E-state index contributed by atoms with van der Waals surface area (Å²) in [5, 5.41) is 35.2. The highest BCUT2D eigenvalue weighted by molar-refractivity contribution is 5.78. The molecule has 0 aromatic heterocycles. The van der Waals surface area contributed by atoms with E-state index in [1.807, 2.05) is 0 Å². The summed E-state index contributed by atoms with van der Waals surface area (Å²) in [6.07, 6.45) is 2.03. The van der Waals surface area contributed by atoms with Gasteiger partial charge >= 0.3 is 17.1 Å². The van der Waals surface area contributed by atoms with Crippen LogP contribution in [-0.2, 0) is 4.79 Å². The van der Waals surface area contributed by atoms with E-state index in [0.29, 0.717) is 6.42 Å². The van der Waals surface area contributed by atoms with Crippen molar-refractivity contribution >= 4 is 29.0 Å². The lowest BCUT2D eigenvalue weighted by Crippen LogP contribution is -2.08. The van der Waals surface area contributed by atoms with Crippen LogP contribution in [0.1, 0.15) is 12.8 Å². The zero-order valence-corrected chi connectivity index (χ0v) is 10.5. The molecule has 0 heterocycles. The van der Waals surface area contributed by atoms with Crippen LogP contribution in [0.2, 0.25) is 0 Å². The number of hydrogen-bond donors (Lipinski definition) is 1. The van der Waals surface area contributed by atoms with Crippen LogP contribution in [0.15, 0.2) is 12.1 Å². The van der Waals surface area contributed by atoms with E-state index in [1.165, 1.54) is 0 Å². The fraction of sp³-hybridized carbons (Fsp3) is 0.300. The zero-order chi connectivity index (χ0) is 16.0. The largest absolute Gasteiger partial charge is 0.424 e. The molecule has 0 spiro atoms. The molecule has 0 atom stereocenters. The molecule has 0 amide bonds. The van der Waals surface area contributed by atoms with Gasteiger partial charge in [-0.15, -0.1) is 0 Å². The number of nitrogens with one attached hydrogen (secondary N) is 1. The maximum Gasteiger partial charge on any atom is 0.424 e. The van der Waals surface area contributed by atoms with E-state index in [9.17, 15) is 35.1 Å². The standard InChI is InChI=1S/C10H9N4O7/c15-6-2-1-5-11-7-3-4-8(12(16)17)10(14(20)21)9(7)13(18)19/h3-4,11H,1-2,5H2. The van der Waals surface area contributed by atoms with Gasteiger partial charge < -0.3 is 5.32 Å². The Labute approximate surface area is 117 Å². The van der Waals surface area contributed by atoms with Crippen LogP contribution < -0.4 is 5.32 Å². The van der Waals surface area contributed by atoms with E-state index >= 15 is 0 Å². The van der Waals surface area contributed by atoms with Gasteiger partial charge in [-0.3, -0.25) is 35.1 Å². The SMILES string of the molecule is O=[C]CCCNc1ccc([N+](=O)[O-])c([N+](=O)[O-])c1[N+](=O)[O-]. The molecule has 1 aromatic carbocycles. The third-order valence-electron chi connectivity index (χ3n) is 2.46. The van der Waals surface area contributed by atoms with Gasteiger partial charge in [0.1, 0.15) is 5.69 Å².